The van der Waals surface area contributed by atoms with Crippen LogP contribution in [0.25, 0.3) is 0 Å². The molecule has 0 aromatic rings. The lowest BCUT2D eigenvalue weighted by molar-refractivity contribution is -0.161. The van der Waals surface area contributed by atoms with Crippen LogP contribution in [-0.2, 0) is 9.59 Å². The average Bonchev–Trinajstić information content (AvgIpc) is 2.79. The first kappa shape index (κ1) is 13.9. The van der Waals surface area contributed by atoms with Crippen LogP contribution in [0.1, 0.15) is 47.0 Å². The SMILES string of the molecule is CC(C)C1C(=O)N2CCCC2C(=O)N1CC1CC1(C)C. The van der Waals surface area contributed by atoms with Crippen molar-refractivity contribution >= 4 is 11.8 Å². The van der Waals surface area contributed by atoms with E-state index in [-0.39, 0.29) is 29.8 Å². The van der Waals surface area contributed by atoms with E-state index in [0.29, 0.717) is 11.3 Å². The zero-order valence-electron chi connectivity index (χ0n) is 13.1. The summed E-state index contributed by atoms with van der Waals surface area (Å²) in [5.41, 5.74) is 0.345. The molecule has 2 heterocycles. The lowest BCUT2D eigenvalue weighted by Gasteiger charge is -2.44. The topological polar surface area (TPSA) is 40.6 Å². The molecule has 3 aliphatic rings. The Bertz CT molecular complexity index is 444. The average molecular weight is 278 g/mol. The van der Waals surface area contributed by atoms with Crippen LogP contribution in [0, 0.1) is 17.3 Å². The molecule has 2 amide bonds. The maximum atomic E-state index is 12.8. The number of carbonyl (C=O) groups is 2. The Morgan fingerprint density at radius 2 is 1.90 bits per heavy atom. The zero-order valence-corrected chi connectivity index (χ0v) is 13.1. The number of fused-ring (bicyclic) bond motifs is 1. The standard InChI is InChI=1S/C16H26N2O2/c1-10(2)13-15(20)17-7-5-6-12(17)14(19)18(13)9-11-8-16(11,3)4/h10-13H,5-9H2,1-4H3. The third-order valence-electron chi connectivity index (χ3n) is 5.46. The molecule has 20 heavy (non-hydrogen) atoms. The Hall–Kier alpha value is -1.06. The van der Waals surface area contributed by atoms with Crippen molar-refractivity contribution in [1.29, 1.82) is 0 Å². The summed E-state index contributed by atoms with van der Waals surface area (Å²) in [5, 5.41) is 0. The minimum atomic E-state index is -0.242. The molecule has 3 rings (SSSR count). The summed E-state index contributed by atoms with van der Waals surface area (Å²) in [6.07, 6.45) is 2.99. The highest BCUT2D eigenvalue weighted by molar-refractivity contribution is 5.97. The summed E-state index contributed by atoms with van der Waals surface area (Å²) in [6.45, 7) is 10.1. The zero-order chi connectivity index (χ0) is 14.7. The number of piperazine rings is 1. The molecule has 2 aliphatic heterocycles. The van der Waals surface area contributed by atoms with Crippen LogP contribution >= 0.6 is 0 Å². The first-order valence-electron chi connectivity index (χ1n) is 7.94. The van der Waals surface area contributed by atoms with Crippen molar-refractivity contribution < 1.29 is 9.59 Å². The van der Waals surface area contributed by atoms with E-state index in [1.807, 2.05) is 9.80 Å². The van der Waals surface area contributed by atoms with Crippen LogP contribution < -0.4 is 0 Å². The molecule has 0 N–H and O–H groups in total. The van der Waals surface area contributed by atoms with E-state index in [2.05, 4.69) is 27.7 Å². The van der Waals surface area contributed by atoms with Gasteiger partial charge in [-0.05, 0) is 36.5 Å². The number of hydrogen-bond donors (Lipinski definition) is 0. The van der Waals surface area contributed by atoms with Gasteiger partial charge in [0.1, 0.15) is 12.1 Å². The number of amides is 2. The molecular formula is C16H26N2O2. The molecule has 3 atom stereocenters. The molecule has 1 saturated carbocycles. The number of rotatable bonds is 3. The summed E-state index contributed by atoms with van der Waals surface area (Å²) in [4.78, 5) is 29.2. The summed E-state index contributed by atoms with van der Waals surface area (Å²) >= 11 is 0. The van der Waals surface area contributed by atoms with Gasteiger partial charge in [-0.3, -0.25) is 9.59 Å². The molecule has 112 valence electrons. The van der Waals surface area contributed by atoms with Gasteiger partial charge in [0.15, 0.2) is 0 Å². The van der Waals surface area contributed by atoms with E-state index in [9.17, 15) is 9.59 Å². The van der Waals surface area contributed by atoms with E-state index >= 15 is 0 Å². The lowest BCUT2D eigenvalue weighted by atomic mass is 9.95. The fraction of sp³-hybridized carbons (Fsp3) is 0.875. The summed E-state index contributed by atoms with van der Waals surface area (Å²) in [5.74, 6) is 1.13. The van der Waals surface area contributed by atoms with Gasteiger partial charge in [-0.1, -0.05) is 27.7 Å². The van der Waals surface area contributed by atoms with Crippen molar-refractivity contribution in [3.05, 3.63) is 0 Å². The highest BCUT2D eigenvalue weighted by Gasteiger charge is 2.53. The molecule has 0 aromatic carbocycles. The Kier molecular flexibility index (Phi) is 3.11. The Morgan fingerprint density at radius 3 is 2.45 bits per heavy atom. The van der Waals surface area contributed by atoms with Gasteiger partial charge in [-0.15, -0.1) is 0 Å². The third-order valence-corrected chi connectivity index (χ3v) is 5.46. The van der Waals surface area contributed by atoms with Crippen LogP contribution in [0.5, 0.6) is 0 Å². The quantitative estimate of drug-likeness (QED) is 0.791. The van der Waals surface area contributed by atoms with Crippen LogP contribution in [0.3, 0.4) is 0 Å². The van der Waals surface area contributed by atoms with Gasteiger partial charge in [0.25, 0.3) is 0 Å². The highest BCUT2D eigenvalue weighted by atomic mass is 16.2. The van der Waals surface area contributed by atoms with Gasteiger partial charge in [-0.25, -0.2) is 0 Å². The smallest absolute Gasteiger partial charge is 0.246 e. The molecule has 4 nitrogen and oxygen atoms in total. The van der Waals surface area contributed by atoms with Gasteiger partial charge in [0, 0.05) is 13.1 Å². The van der Waals surface area contributed by atoms with Crippen LogP contribution in [-0.4, -0.2) is 46.8 Å². The fourth-order valence-electron chi connectivity index (χ4n) is 3.89. The minimum absolute atomic E-state index is 0.167. The van der Waals surface area contributed by atoms with Crippen molar-refractivity contribution in [2.45, 2.75) is 59.0 Å². The first-order chi connectivity index (χ1) is 9.33. The Labute approximate surface area is 121 Å². The molecule has 4 heteroatoms. The van der Waals surface area contributed by atoms with Gasteiger partial charge in [-0.2, -0.15) is 0 Å². The van der Waals surface area contributed by atoms with Gasteiger partial charge in [0.2, 0.25) is 11.8 Å². The first-order valence-corrected chi connectivity index (χ1v) is 7.94. The molecular weight excluding hydrogens is 252 g/mol. The van der Waals surface area contributed by atoms with Crippen LogP contribution in [0.2, 0.25) is 0 Å². The lowest BCUT2D eigenvalue weighted by Crippen LogP contribution is -2.64. The minimum Gasteiger partial charge on any atom is -0.329 e. The van der Waals surface area contributed by atoms with Crippen LogP contribution in [0.15, 0.2) is 0 Å². The van der Waals surface area contributed by atoms with Crippen molar-refractivity contribution in [3.8, 4) is 0 Å². The molecule has 3 fully saturated rings. The third kappa shape index (κ3) is 2.04. The number of hydrogen-bond acceptors (Lipinski definition) is 2. The summed E-state index contributed by atoms with van der Waals surface area (Å²) in [7, 11) is 0. The highest BCUT2D eigenvalue weighted by Crippen LogP contribution is 2.52. The van der Waals surface area contributed by atoms with E-state index in [1.165, 1.54) is 6.42 Å². The van der Waals surface area contributed by atoms with E-state index in [1.54, 1.807) is 0 Å². The maximum Gasteiger partial charge on any atom is 0.246 e. The second-order valence-electron chi connectivity index (χ2n) is 7.76. The molecule has 0 bridgehead atoms. The van der Waals surface area contributed by atoms with E-state index < -0.39 is 0 Å². The van der Waals surface area contributed by atoms with Crippen molar-refractivity contribution in [1.82, 2.24) is 9.80 Å². The van der Waals surface area contributed by atoms with E-state index in [0.717, 1.165) is 25.9 Å². The fourth-order valence-corrected chi connectivity index (χ4v) is 3.89. The second-order valence-corrected chi connectivity index (χ2v) is 7.76. The largest absolute Gasteiger partial charge is 0.329 e. The maximum absolute atomic E-state index is 12.8. The van der Waals surface area contributed by atoms with Crippen molar-refractivity contribution in [3.63, 3.8) is 0 Å². The van der Waals surface area contributed by atoms with Gasteiger partial charge in [0.05, 0.1) is 0 Å². The van der Waals surface area contributed by atoms with Crippen LogP contribution in [0.4, 0.5) is 0 Å². The predicted molar refractivity (Wildman–Crippen MR) is 77.0 cm³/mol. The van der Waals surface area contributed by atoms with Crippen molar-refractivity contribution in [2.75, 3.05) is 13.1 Å². The number of carbonyl (C=O) groups excluding carboxylic acids is 2. The second kappa shape index (κ2) is 4.47. The predicted octanol–water partition coefficient (Wildman–Crippen LogP) is 1.89. The van der Waals surface area contributed by atoms with Gasteiger partial charge >= 0.3 is 0 Å². The molecule has 1 aliphatic carbocycles. The summed E-state index contributed by atoms with van der Waals surface area (Å²) in [6, 6.07) is -0.410. The molecule has 3 unspecified atom stereocenters. The Morgan fingerprint density at radius 1 is 1.25 bits per heavy atom. The molecule has 0 aromatic heterocycles. The molecule has 0 spiro atoms. The summed E-state index contributed by atoms with van der Waals surface area (Å²) < 4.78 is 0. The van der Waals surface area contributed by atoms with Gasteiger partial charge < -0.3 is 9.80 Å². The molecule has 0 radical (unpaired) electrons. The van der Waals surface area contributed by atoms with E-state index in [4.69, 9.17) is 0 Å². The normalized spacial score (nSPS) is 35.8. The Balaban J connectivity index is 1.84. The monoisotopic (exact) mass is 278 g/mol. The number of nitrogens with zero attached hydrogens (tertiary/aromatic N) is 2. The van der Waals surface area contributed by atoms with Crippen molar-refractivity contribution in [2.24, 2.45) is 17.3 Å². The molecule has 2 saturated heterocycles.